The summed E-state index contributed by atoms with van der Waals surface area (Å²) in [6.45, 7) is 5.89. The smallest absolute Gasteiger partial charge is 0.165 e. The van der Waals surface area contributed by atoms with E-state index in [-0.39, 0.29) is 12.7 Å². The number of rotatable bonds is 4. The van der Waals surface area contributed by atoms with E-state index in [0.717, 1.165) is 16.9 Å². The normalized spacial score (nSPS) is 13.2. The molecule has 92 valence electrons. The molecule has 2 aromatic heterocycles. The fourth-order valence-corrected chi connectivity index (χ4v) is 1.58. The van der Waals surface area contributed by atoms with Gasteiger partial charge in [-0.2, -0.15) is 0 Å². The lowest BCUT2D eigenvalue weighted by atomic mass is 10.4. The Bertz CT molecular complexity index is 523. The maximum atomic E-state index is 8.89. The Balaban J connectivity index is 2.29. The SMILES string of the molecule is Cc1nc(C)c2ncn(COC(C)CO)c2n1. The van der Waals surface area contributed by atoms with Gasteiger partial charge < -0.3 is 9.84 Å². The number of hydrogen-bond acceptors (Lipinski definition) is 5. The highest BCUT2D eigenvalue weighted by Crippen LogP contribution is 2.13. The quantitative estimate of drug-likeness (QED) is 0.850. The molecule has 1 atom stereocenters. The second-order valence-corrected chi connectivity index (χ2v) is 4.03. The van der Waals surface area contributed by atoms with Crippen molar-refractivity contribution in [3.05, 3.63) is 17.8 Å². The highest BCUT2D eigenvalue weighted by Gasteiger charge is 2.09. The molecule has 0 aliphatic heterocycles. The molecule has 1 unspecified atom stereocenters. The summed E-state index contributed by atoms with van der Waals surface area (Å²) < 4.78 is 7.24. The van der Waals surface area contributed by atoms with Crippen LogP contribution >= 0.6 is 0 Å². The highest BCUT2D eigenvalue weighted by atomic mass is 16.5. The molecule has 0 fully saturated rings. The Hall–Kier alpha value is -1.53. The van der Waals surface area contributed by atoms with Crippen molar-refractivity contribution in [3.63, 3.8) is 0 Å². The van der Waals surface area contributed by atoms with Crippen molar-refractivity contribution in [2.24, 2.45) is 0 Å². The number of ether oxygens (including phenoxy) is 1. The maximum Gasteiger partial charge on any atom is 0.165 e. The lowest BCUT2D eigenvalue weighted by molar-refractivity contribution is -0.0115. The lowest BCUT2D eigenvalue weighted by Crippen LogP contribution is -2.15. The van der Waals surface area contributed by atoms with Gasteiger partial charge in [-0.05, 0) is 20.8 Å². The second kappa shape index (κ2) is 4.77. The van der Waals surface area contributed by atoms with E-state index in [9.17, 15) is 0 Å². The van der Waals surface area contributed by atoms with Gasteiger partial charge in [0, 0.05) is 0 Å². The van der Waals surface area contributed by atoms with Gasteiger partial charge in [-0.15, -0.1) is 0 Å². The second-order valence-electron chi connectivity index (χ2n) is 4.03. The van der Waals surface area contributed by atoms with E-state index in [2.05, 4.69) is 15.0 Å². The van der Waals surface area contributed by atoms with Crippen LogP contribution in [0.15, 0.2) is 6.33 Å². The highest BCUT2D eigenvalue weighted by molar-refractivity contribution is 5.72. The average molecular weight is 236 g/mol. The van der Waals surface area contributed by atoms with Crippen molar-refractivity contribution in [1.29, 1.82) is 0 Å². The third kappa shape index (κ3) is 2.42. The van der Waals surface area contributed by atoms with E-state index in [1.165, 1.54) is 0 Å². The van der Waals surface area contributed by atoms with E-state index < -0.39 is 0 Å². The van der Waals surface area contributed by atoms with E-state index in [1.807, 2.05) is 25.3 Å². The molecule has 17 heavy (non-hydrogen) atoms. The van der Waals surface area contributed by atoms with Crippen molar-refractivity contribution in [2.75, 3.05) is 6.61 Å². The van der Waals surface area contributed by atoms with Crippen LogP contribution in [0.5, 0.6) is 0 Å². The topological polar surface area (TPSA) is 73.1 Å². The minimum Gasteiger partial charge on any atom is -0.394 e. The summed E-state index contributed by atoms with van der Waals surface area (Å²) in [6.07, 6.45) is 1.48. The van der Waals surface area contributed by atoms with Crippen LogP contribution in [0.1, 0.15) is 18.4 Å². The zero-order valence-corrected chi connectivity index (χ0v) is 10.2. The van der Waals surface area contributed by atoms with Crippen LogP contribution in [0.2, 0.25) is 0 Å². The Kier molecular flexibility index (Phi) is 3.35. The van der Waals surface area contributed by atoms with Gasteiger partial charge in [0.2, 0.25) is 0 Å². The third-order valence-corrected chi connectivity index (χ3v) is 2.51. The number of fused-ring (bicyclic) bond motifs is 1. The van der Waals surface area contributed by atoms with Crippen LogP contribution in [-0.2, 0) is 11.5 Å². The molecule has 0 amide bonds. The Morgan fingerprint density at radius 2 is 2.18 bits per heavy atom. The molecule has 2 rings (SSSR count). The minimum atomic E-state index is -0.198. The number of hydrogen-bond donors (Lipinski definition) is 1. The Morgan fingerprint density at radius 3 is 2.88 bits per heavy atom. The molecule has 0 aliphatic rings. The predicted molar refractivity (Wildman–Crippen MR) is 62.4 cm³/mol. The van der Waals surface area contributed by atoms with Gasteiger partial charge in [-0.3, -0.25) is 4.57 Å². The lowest BCUT2D eigenvalue weighted by Gasteiger charge is -2.10. The first-order valence-electron chi connectivity index (χ1n) is 5.50. The molecule has 2 aromatic rings. The zero-order chi connectivity index (χ0) is 12.4. The van der Waals surface area contributed by atoms with Crippen LogP contribution < -0.4 is 0 Å². The average Bonchev–Trinajstić information content (AvgIpc) is 2.69. The van der Waals surface area contributed by atoms with Gasteiger partial charge in [0.05, 0.1) is 24.7 Å². The molecule has 0 radical (unpaired) electrons. The van der Waals surface area contributed by atoms with Crippen molar-refractivity contribution in [1.82, 2.24) is 19.5 Å². The van der Waals surface area contributed by atoms with E-state index in [1.54, 1.807) is 6.33 Å². The van der Waals surface area contributed by atoms with Crippen molar-refractivity contribution < 1.29 is 9.84 Å². The molecular weight excluding hydrogens is 220 g/mol. The zero-order valence-electron chi connectivity index (χ0n) is 10.2. The number of aliphatic hydroxyl groups excluding tert-OH is 1. The van der Waals surface area contributed by atoms with Gasteiger partial charge in [0.25, 0.3) is 0 Å². The fourth-order valence-electron chi connectivity index (χ4n) is 1.58. The summed E-state index contributed by atoms with van der Waals surface area (Å²) in [4.78, 5) is 12.9. The van der Waals surface area contributed by atoms with Crippen LogP contribution in [0.4, 0.5) is 0 Å². The van der Waals surface area contributed by atoms with Crippen LogP contribution in [0, 0.1) is 13.8 Å². The molecule has 6 nitrogen and oxygen atoms in total. The van der Waals surface area contributed by atoms with Gasteiger partial charge in [0.1, 0.15) is 18.1 Å². The summed E-state index contributed by atoms with van der Waals surface area (Å²) >= 11 is 0. The number of aryl methyl sites for hydroxylation is 2. The molecule has 1 N–H and O–H groups in total. The number of nitrogens with zero attached hydrogens (tertiary/aromatic N) is 4. The first-order valence-corrected chi connectivity index (χ1v) is 5.50. The van der Waals surface area contributed by atoms with Gasteiger partial charge in [-0.25, -0.2) is 15.0 Å². The molecule has 0 spiro atoms. The van der Waals surface area contributed by atoms with E-state index in [0.29, 0.717) is 12.6 Å². The first kappa shape index (κ1) is 11.9. The monoisotopic (exact) mass is 236 g/mol. The molecule has 0 bridgehead atoms. The summed E-state index contributed by atoms with van der Waals surface area (Å²) in [5.74, 6) is 0.715. The number of imidazole rings is 1. The first-order chi connectivity index (χ1) is 8.11. The fraction of sp³-hybridized carbons (Fsp3) is 0.545. The Labute approximate surface area is 99.3 Å². The summed E-state index contributed by atoms with van der Waals surface area (Å²) in [5.41, 5.74) is 2.41. The van der Waals surface area contributed by atoms with Crippen LogP contribution in [0.3, 0.4) is 0 Å². The van der Waals surface area contributed by atoms with E-state index in [4.69, 9.17) is 9.84 Å². The van der Waals surface area contributed by atoms with Crippen LogP contribution in [0.25, 0.3) is 11.2 Å². The van der Waals surface area contributed by atoms with Gasteiger partial charge in [0.15, 0.2) is 5.65 Å². The summed E-state index contributed by atoms with van der Waals surface area (Å²) in [6, 6.07) is 0. The Morgan fingerprint density at radius 1 is 1.41 bits per heavy atom. The molecule has 0 saturated heterocycles. The number of aromatic nitrogens is 4. The van der Waals surface area contributed by atoms with Crippen molar-refractivity contribution >= 4 is 11.2 Å². The minimum absolute atomic E-state index is 0.000328. The molecule has 6 heteroatoms. The largest absolute Gasteiger partial charge is 0.394 e. The van der Waals surface area contributed by atoms with Crippen LogP contribution in [-0.4, -0.2) is 37.3 Å². The molecular formula is C11H16N4O2. The molecule has 0 aliphatic carbocycles. The third-order valence-electron chi connectivity index (χ3n) is 2.51. The van der Waals surface area contributed by atoms with Gasteiger partial charge in [-0.1, -0.05) is 0 Å². The van der Waals surface area contributed by atoms with E-state index >= 15 is 0 Å². The summed E-state index contributed by atoms with van der Waals surface area (Å²) in [7, 11) is 0. The number of aliphatic hydroxyl groups is 1. The summed E-state index contributed by atoms with van der Waals surface area (Å²) in [5, 5.41) is 8.89. The predicted octanol–water partition coefficient (Wildman–Crippen LogP) is 0.798. The van der Waals surface area contributed by atoms with Gasteiger partial charge >= 0.3 is 0 Å². The van der Waals surface area contributed by atoms with Crippen molar-refractivity contribution in [2.45, 2.75) is 33.6 Å². The molecule has 0 saturated carbocycles. The molecule has 2 heterocycles. The molecule has 0 aromatic carbocycles. The van der Waals surface area contributed by atoms with Crippen molar-refractivity contribution in [3.8, 4) is 0 Å². The standard InChI is InChI=1S/C11H16N4O2/c1-7(4-16)17-6-15-5-12-10-8(2)13-9(3)14-11(10)15/h5,7,16H,4,6H2,1-3H3. The maximum absolute atomic E-state index is 8.89.